The lowest BCUT2D eigenvalue weighted by atomic mass is 10.3. The van der Waals surface area contributed by atoms with Crippen LogP contribution >= 0.6 is 11.8 Å². The number of aliphatic carboxylic acids is 1. The highest BCUT2D eigenvalue weighted by molar-refractivity contribution is 7.99. The molecule has 0 spiro atoms. The second-order valence-corrected chi connectivity index (χ2v) is 5.44. The topological polar surface area (TPSA) is 72.9 Å². The Hall–Kier alpha value is -0.950. The van der Waals surface area contributed by atoms with Crippen molar-refractivity contribution in [1.29, 1.82) is 0 Å². The van der Waals surface area contributed by atoms with E-state index in [0.717, 1.165) is 6.54 Å². The van der Waals surface area contributed by atoms with E-state index in [1.165, 1.54) is 16.7 Å². The van der Waals surface area contributed by atoms with E-state index in [1.54, 1.807) is 0 Å². The summed E-state index contributed by atoms with van der Waals surface area (Å²) in [5.74, 6) is -0.0344. The summed E-state index contributed by atoms with van der Waals surface area (Å²) in [6, 6.07) is -0.999. The van der Waals surface area contributed by atoms with E-state index in [1.807, 2.05) is 25.9 Å². The molecule has 2 atom stereocenters. The van der Waals surface area contributed by atoms with Crippen LogP contribution in [0.15, 0.2) is 0 Å². The van der Waals surface area contributed by atoms with Crippen LogP contribution in [0.2, 0.25) is 0 Å². The molecule has 0 radical (unpaired) electrons. The zero-order chi connectivity index (χ0) is 13.0. The maximum Gasteiger partial charge on any atom is 0.327 e. The number of hydrogen-bond acceptors (Lipinski definition) is 4. The number of carbonyl (C=O) groups is 2. The Morgan fingerprint density at radius 1 is 1.59 bits per heavy atom. The number of carbonyl (C=O) groups excluding carboxylic acids is 1. The van der Waals surface area contributed by atoms with Crippen LogP contribution in [0.4, 0.5) is 4.79 Å². The van der Waals surface area contributed by atoms with Gasteiger partial charge in [-0.15, -0.1) is 11.8 Å². The third-order valence-corrected chi connectivity index (χ3v) is 3.45. The molecule has 0 saturated carbocycles. The molecule has 1 saturated heterocycles. The van der Waals surface area contributed by atoms with E-state index in [4.69, 9.17) is 5.11 Å². The maximum absolute atomic E-state index is 11.9. The monoisotopic (exact) mass is 261 g/mol. The van der Waals surface area contributed by atoms with E-state index < -0.39 is 12.0 Å². The number of urea groups is 1. The molecule has 1 aliphatic rings. The van der Waals surface area contributed by atoms with Crippen molar-refractivity contribution in [3.63, 3.8) is 0 Å². The number of rotatable bonds is 4. The maximum atomic E-state index is 11.9. The standard InChI is InChI=1S/C10H19N3O3S/c1-7(4-12(2)3)11-10(16)13-6-17-5-8(13)9(14)15/h7-8H,4-6H2,1-3H3,(H,11,16)(H,14,15). The zero-order valence-electron chi connectivity index (χ0n) is 10.3. The highest BCUT2D eigenvalue weighted by Crippen LogP contribution is 2.20. The van der Waals surface area contributed by atoms with Gasteiger partial charge in [0.05, 0.1) is 5.88 Å². The fraction of sp³-hybridized carbons (Fsp3) is 0.800. The minimum absolute atomic E-state index is 0.00227. The van der Waals surface area contributed by atoms with Gasteiger partial charge < -0.3 is 20.2 Å². The number of carboxylic acids is 1. The summed E-state index contributed by atoms with van der Waals surface area (Å²) in [7, 11) is 3.85. The molecule has 0 bridgehead atoms. The van der Waals surface area contributed by atoms with Crippen LogP contribution in [0.3, 0.4) is 0 Å². The molecular weight excluding hydrogens is 242 g/mol. The van der Waals surface area contributed by atoms with Gasteiger partial charge in [-0.1, -0.05) is 0 Å². The molecule has 2 unspecified atom stereocenters. The fourth-order valence-electron chi connectivity index (χ4n) is 1.73. The molecule has 1 heterocycles. The van der Waals surface area contributed by atoms with Crippen LogP contribution in [-0.4, -0.2) is 71.3 Å². The molecule has 2 N–H and O–H groups in total. The summed E-state index contributed by atoms with van der Waals surface area (Å²) in [6.07, 6.45) is 0. The molecular formula is C10H19N3O3S. The number of amides is 2. The van der Waals surface area contributed by atoms with Gasteiger partial charge in [0.2, 0.25) is 0 Å². The third kappa shape index (κ3) is 4.08. The van der Waals surface area contributed by atoms with Crippen molar-refractivity contribution in [3.8, 4) is 0 Å². The molecule has 98 valence electrons. The van der Waals surface area contributed by atoms with Crippen LogP contribution in [0, 0.1) is 0 Å². The lowest BCUT2D eigenvalue weighted by molar-refractivity contribution is -0.140. The van der Waals surface area contributed by atoms with E-state index in [0.29, 0.717) is 11.6 Å². The van der Waals surface area contributed by atoms with E-state index >= 15 is 0 Å². The molecule has 0 aliphatic carbocycles. The largest absolute Gasteiger partial charge is 0.480 e. The number of likely N-dealkylation sites (N-methyl/N-ethyl adjacent to an activating group) is 1. The predicted molar refractivity (Wildman–Crippen MR) is 67.1 cm³/mol. The molecule has 1 fully saturated rings. The highest BCUT2D eigenvalue weighted by Gasteiger charge is 2.34. The minimum Gasteiger partial charge on any atom is -0.480 e. The summed E-state index contributed by atoms with van der Waals surface area (Å²) in [5.41, 5.74) is 0. The quantitative estimate of drug-likeness (QED) is 0.751. The number of thioether (sulfide) groups is 1. The number of nitrogens with zero attached hydrogens (tertiary/aromatic N) is 2. The van der Waals surface area contributed by atoms with Gasteiger partial charge in [0.15, 0.2) is 0 Å². The van der Waals surface area contributed by atoms with Crippen LogP contribution in [-0.2, 0) is 4.79 Å². The summed E-state index contributed by atoms with van der Waals surface area (Å²) in [5, 5.41) is 11.8. The first kappa shape index (κ1) is 14.1. The van der Waals surface area contributed by atoms with Crippen molar-refractivity contribution >= 4 is 23.8 Å². The first-order valence-electron chi connectivity index (χ1n) is 5.44. The van der Waals surface area contributed by atoms with Crippen molar-refractivity contribution in [3.05, 3.63) is 0 Å². The molecule has 0 aromatic rings. The number of hydrogen-bond donors (Lipinski definition) is 2. The Balaban J connectivity index is 2.49. The Morgan fingerprint density at radius 2 is 2.24 bits per heavy atom. The first-order valence-corrected chi connectivity index (χ1v) is 6.59. The smallest absolute Gasteiger partial charge is 0.327 e. The van der Waals surface area contributed by atoms with Gasteiger partial charge in [-0.3, -0.25) is 0 Å². The molecule has 1 aliphatic heterocycles. The molecule has 7 heteroatoms. The van der Waals surface area contributed by atoms with Gasteiger partial charge in [0.25, 0.3) is 0 Å². The van der Waals surface area contributed by atoms with Gasteiger partial charge in [0, 0.05) is 18.3 Å². The van der Waals surface area contributed by atoms with Crippen molar-refractivity contribution < 1.29 is 14.7 Å². The minimum atomic E-state index is -0.939. The molecule has 0 aromatic heterocycles. The molecule has 0 aromatic carbocycles. The number of carboxylic acid groups (broad SMARTS) is 1. The Labute approximate surface area is 105 Å². The average Bonchev–Trinajstić information content (AvgIpc) is 2.63. The Morgan fingerprint density at radius 3 is 2.76 bits per heavy atom. The summed E-state index contributed by atoms with van der Waals surface area (Å²) in [6.45, 7) is 2.63. The van der Waals surface area contributed by atoms with Crippen molar-refractivity contribution in [2.75, 3.05) is 32.3 Å². The van der Waals surface area contributed by atoms with Crippen LogP contribution in [0.5, 0.6) is 0 Å². The van der Waals surface area contributed by atoms with E-state index in [2.05, 4.69) is 5.32 Å². The molecule has 2 amide bonds. The second-order valence-electron chi connectivity index (χ2n) is 4.44. The SMILES string of the molecule is CC(CN(C)C)NC(=O)N1CSCC1C(=O)O. The lowest BCUT2D eigenvalue weighted by Crippen LogP contribution is -2.50. The van der Waals surface area contributed by atoms with E-state index in [9.17, 15) is 9.59 Å². The van der Waals surface area contributed by atoms with Crippen molar-refractivity contribution in [2.24, 2.45) is 0 Å². The molecule has 1 rings (SSSR count). The predicted octanol–water partition coefficient (Wildman–Crippen LogP) is 0.106. The number of nitrogens with one attached hydrogen (secondary N) is 1. The van der Waals surface area contributed by atoms with Gasteiger partial charge in [0.1, 0.15) is 6.04 Å². The molecule has 17 heavy (non-hydrogen) atoms. The van der Waals surface area contributed by atoms with Gasteiger partial charge in [-0.05, 0) is 21.0 Å². The zero-order valence-corrected chi connectivity index (χ0v) is 11.2. The van der Waals surface area contributed by atoms with E-state index in [-0.39, 0.29) is 12.1 Å². The van der Waals surface area contributed by atoms with Gasteiger partial charge in [-0.2, -0.15) is 0 Å². The lowest BCUT2D eigenvalue weighted by Gasteiger charge is -2.24. The Bertz CT molecular complexity index is 299. The Kier molecular flexibility index (Phi) is 5.07. The van der Waals surface area contributed by atoms with Crippen LogP contribution in [0.1, 0.15) is 6.92 Å². The summed E-state index contributed by atoms with van der Waals surface area (Å²) in [4.78, 5) is 26.2. The van der Waals surface area contributed by atoms with Gasteiger partial charge >= 0.3 is 12.0 Å². The normalized spacial score (nSPS) is 21.6. The summed E-state index contributed by atoms with van der Waals surface area (Å²) >= 11 is 1.46. The summed E-state index contributed by atoms with van der Waals surface area (Å²) < 4.78 is 0. The van der Waals surface area contributed by atoms with Crippen molar-refractivity contribution in [1.82, 2.24) is 15.1 Å². The van der Waals surface area contributed by atoms with Crippen LogP contribution < -0.4 is 5.32 Å². The second kappa shape index (κ2) is 6.11. The fourth-order valence-corrected chi connectivity index (χ4v) is 2.88. The van der Waals surface area contributed by atoms with Crippen LogP contribution in [0.25, 0.3) is 0 Å². The average molecular weight is 261 g/mol. The van der Waals surface area contributed by atoms with Gasteiger partial charge in [-0.25, -0.2) is 9.59 Å². The third-order valence-electron chi connectivity index (χ3n) is 2.44. The highest BCUT2D eigenvalue weighted by atomic mass is 32.2. The molecule has 6 nitrogen and oxygen atoms in total. The first-order chi connectivity index (χ1) is 7.91. The van der Waals surface area contributed by atoms with Crippen molar-refractivity contribution in [2.45, 2.75) is 19.0 Å².